The highest BCUT2D eigenvalue weighted by Gasteiger charge is 2.33. The summed E-state index contributed by atoms with van der Waals surface area (Å²) < 4.78 is 0. The Labute approximate surface area is 78.4 Å². The third kappa shape index (κ3) is 1.09. The third-order valence-corrected chi connectivity index (χ3v) is 3.36. The highest BCUT2D eigenvalue weighted by molar-refractivity contribution is 5.28. The van der Waals surface area contributed by atoms with Crippen LogP contribution in [-0.4, -0.2) is 11.5 Å². The number of nitrogens with one attached hydrogen (secondary N) is 1. The monoisotopic (exact) mass is 174 g/mol. The van der Waals surface area contributed by atoms with E-state index in [2.05, 4.69) is 22.4 Å². The number of pyridine rings is 1. The van der Waals surface area contributed by atoms with Crippen molar-refractivity contribution in [1.29, 1.82) is 0 Å². The van der Waals surface area contributed by atoms with E-state index in [4.69, 9.17) is 0 Å². The van der Waals surface area contributed by atoms with Gasteiger partial charge in [0.15, 0.2) is 0 Å². The predicted molar refractivity (Wildman–Crippen MR) is 51.4 cm³/mol. The average molecular weight is 174 g/mol. The molecule has 2 nitrogen and oxygen atoms in total. The molecular formula is C11H14N2. The second-order valence-corrected chi connectivity index (χ2v) is 4.06. The Hall–Kier alpha value is -0.890. The fourth-order valence-corrected chi connectivity index (χ4v) is 2.70. The first-order valence-electron chi connectivity index (χ1n) is 5.12. The summed E-state index contributed by atoms with van der Waals surface area (Å²) in [6.07, 6.45) is 5.76. The van der Waals surface area contributed by atoms with E-state index in [1.165, 1.54) is 37.1 Å². The van der Waals surface area contributed by atoms with Crippen molar-refractivity contribution >= 4 is 0 Å². The quantitative estimate of drug-likeness (QED) is 0.647. The molecule has 0 unspecified atom stereocenters. The summed E-state index contributed by atoms with van der Waals surface area (Å²) in [4.78, 5) is 4.44. The third-order valence-electron chi connectivity index (χ3n) is 3.36. The van der Waals surface area contributed by atoms with Crippen molar-refractivity contribution in [2.45, 2.75) is 25.3 Å². The van der Waals surface area contributed by atoms with Gasteiger partial charge in [0.05, 0.1) is 0 Å². The fourth-order valence-electron chi connectivity index (χ4n) is 2.70. The van der Waals surface area contributed by atoms with E-state index in [1.54, 1.807) is 0 Å². The minimum absolute atomic E-state index is 0.609. The molecule has 1 saturated heterocycles. The lowest BCUT2D eigenvalue weighted by molar-refractivity contribution is 0.400. The lowest BCUT2D eigenvalue weighted by Crippen LogP contribution is -2.24. The molecule has 1 aliphatic carbocycles. The zero-order chi connectivity index (χ0) is 8.67. The number of fused-ring (bicyclic) bond motifs is 3. The molecule has 0 radical (unpaired) electrons. The lowest BCUT2D eigenvalue weighted by Gasteiger charge is -2.26. The Bertz CT molecular complexity index is 322. The Morgan fingerprint density at radius 3 is 3.38 bits per heavy atom. The van der Waals surface area contributed by atoms with E-state index in [9.17, 15) is 0 Å². The molecule has 68 valence electrons. The first kappa shape index (κ1) is 7.51. The molecule has 0 spiro atoms. The van der Waals surface area contributed by atoms with Gasteiger partial charge in [0.1, 0.15) is 0 Å². The maximum Gasteiger partial charge on any atom is 0.0451 e. The van der Waals surface area contributed by atoms with Crippen LogP contribution in [0.5, 0.6) is 0 Å². The number of rotatable bonds is 0. The minimum Gasteiger partial charge on any atom is -0.310 e. The number of aromatic nitrogens is 1. The summed E-state index contributed by atoms with van der Waals surface area (Å²) in [7, 11) is 0. The van der Waals surface area contributed by atoms with Crippen molar-refractivity contribution in [3.63, 3.8) is 0 Å². The van der Waals surface area contributed by atoms with E-state index in [0.717, 1.165) is 5.92 Å². The van der Waals surface area contributed by atoms with E-state index in [-0.39, 0.29) is 0 Å². The molecule has 1 N–H and O–H groups in total. The van der Waals surface area contributed by atoms with E-state index >= 15 is 0 Å². The molecule has 0 saturated carbocycles. The number of aryl methyl sites for hydroxylation is 1. The summed E-state index contributed by atoms with van der Waals surface area (Å²) in [5.41, 5.74) is 2.77. The molecule has 2 aliphatic rings. The van der Waals surface area contributed by atoms with Crippen LogP contribution in [0.1, 0.15) is 30.1 Å². The van der Waals surface area contributed by atoms with Crippen LogP contribution in [0.2, 0.25) is 0 Å². The van der Waals surface area contributed by atoms with Crippen LogP contribution in [0.15, 0.2) is 18.3 Å². The Morgan fingerprint density at radius 1 is 1.38 bits per heavy atom. The zero-order valence-electron chi connectivity index (χ0n) is 7.66. The summed E-state index contributed by atoms with van der Waals surface area (Å²) in [5.74, 6) is 0.872. The Balaban J connectivity index is 2.06. The highest BCUT2D eigenvalue weighted by atomic mass is 15.0. The number of hydrogen-bond acceptors (Lipinski definition) is 2. The molecule has 3 rings (SSSR count). The van der Waals surface area contributed by atoms with Crippen molar-refractivity contribution in [2.75, 3.05) is 6.54 Å². The van der Waals surface area contributed by atoms with Crippen LogP contribution in [0.25, 0.3) is 0 Å². The number of nitrogens with zero attached hydrogens (tertiary/aromatic N) is 1. The molecule has 1 fully saturated rings. The van der Waals surface area contributed by atoms with E-state index < -0.39 is 0 Å². The van der Waals surface area contributed by atoms with Gasteiger partial charge in [0.2, 0.25) is 0 Å². The molecule has 2 heterocycles. The van der Waals surface area contributed by atoms with Gasteiger partial charge >= 0.3 is 0 Å². The Kier molecular flexibility index (Phi) is 1.62. The molecule has 2 atom stereocenters. The minimum atomic E-state index is 0.609. The van der Waals surface area contributed by atoms with E-state index in [0.29, 0.717) is 6.04 Å². The van der Waals surface area contributed by atoms with Crippen LogP contribution in [0, 0.1) is 5.92 Å². The van der Waals surface area contributed by atoms with Crippen LogP contribution in [0.4, 0.5) is 0 Å². The van der Waals surface area contributed by atoms with Gasteiger partial charge in [-0.1, -0.05) is 6.07 Å². The van der Waals surface area contributed by atoms with Gasteiger partial charge in [-0.3, -0.25) is 4.98 Å². The lowest BCUT2D eigenvalue weighted by atomic mass is 9.83. The van der Waals surface area contributed by atoms with Crippen molar-refractivity contribution in [3.05, 3.63) is 29.6 Å². The topological polar surface area (TPSA) is 24.9 Å². The van der Waals surface area contributed by atoms with Gasteiger partial charge in [-0.05, 0) is 43.4 Å². The molecule has 0 bridgehead atoms. The van der Waals surface area contributed by atoms with Gasteiger partial charge < -0.3 is 5.32 Å². The van der Waals surface area contributed by atoms with Crippen LogP contribution in [-0.2, 0) is 6.42 Å². The summed E-state index contributed by atoms with van der Waals surface area (Å²) in [5, 5.41) is 3.57. The molecule has 1 aliphatic heterocycles. The fraction of sp³-hybridized carbons (Fsp3) is 0.545. The van der Waals surface area contributed by atoms with Gasteiger partial charge in [0.25, 0.3) is 0 Å². The average Bonchev–Trinajstić information content (AvgIpc) is 2.65. The molecule has 0 aromatic carbocycles. The van der Waals surface area contributed by atoms with Crippen LogP contribution < -0.4 is 5.32 Å². The van der Waals surface area contributed by atoms with Crippen molar-refractivity contribution in [1.82, 2.24) is 10.3 Å². The molecule has 2 heteroatoms. The van der Waals surface area contributed by atoms with Gasteiger partial charge in [-0.15, -0.1) is 0 Å². The summed E-state index contributed by atoms with van der Waals surface area (Å²) in [6, 6.07) is 4.90. The summed E-state index contributed by atoms with van der Waals surface area (Å²) in [6.45, 7) is 1.18. The molecule has 1 aromatic heterocycles. The van der Waals surface area contributed by atoms with Crippen molar-refractivity contribution in [3.8, 4) is 0 Å². The predicted octanol–water partition coefficient (Wildman–Crippen LogP) is 1.68. The van der Waals surface area contributed by atoms with Gasteiger partial charge in [0, 0.05) is 17.9 Å². The second kappa shape index (κ2) is 2.81. The smallest absolute Gasteiger partial charge is 0.0451 e. The maximum absolute atomic E-state index is 4.44. The number of hydrogen-bond donors (Lipinski definition) is 1. The van der Waals surface area contributed by atoms with Crippen LogP contribution in [0.3, 0.4) is 0 Å². The molecule has 0 amide bonds. The van der Waals surface area contributed by atoms with Gasteiger partial charge in [-0.2, -0.15) is 0 Å². The normalized spacial score (nSPS) is 31.1. The molecule has 1 aromatic rings. The summed E-state index contributed by atoms with van der Waals surface area (Å²) >= 11 is 0. The second-order valence-electron chi connectivity index (χ2n) is 4.06. The standard InChI is InChI=1S/C11H14N2/c1-2-9-10(12-6-1)4-3-8-5-7-13-11(8)9/h1-2,6,8,11,13H,3-5,7H2/t8-,11-/m1/s1. The maximum atomic E-state index is 4.44. The van der Waals surface area contributed by atoms with Gasteiger partial charge in [-0.25, -0.2) is 0 Å². The first-order chi connectivity index (χ1) is 6.45. The van der Waals surface area contributed by atoms with Crippen molar-refractivity contribution in [2.24, 2.45) is 5.92 Å². The largest absolute Gasteiger partial charge is 0.310 e. The SMILES string of the molecule is c1cnc2c(c1)[C@@H]1NCC[C@H]1CC2. The first-order valence-corrected chi connectivity index (χ1v) is 5.12. The highest BCUT2D eigenvalue weighted by Crippen LogP contribution is 2.38. The molecule has 13 heavy (non-hydrogen) atoms. The zero-order valence-corrected chi connectivity index (χ0v) is 7.66. The Morgan fingerprint density at radius 2 is 2.38 bits per heavy atom. The van der Waals surface area contributed by atoms with Crippen molar-refractivity contribution < 1.29 is 0 Å². The van der Waals surface area contributed by atoms with E-state index in [1.807, 2.05) is 6.20 Å². The molecular weight excluding hydrogens is 160 g/mol. The van der Waals surface area contributed by atoms with Crippen LogP contribution >= 0.6 is 0 Å².